The monoisotopic (exact) mass is 479 g/mol. The van der Waals surface area contributed by atoms with Crippen molar-refractivity contribution >= 4 is 23.5 Å². The van der Waals surface area contributed by atoms with Gasteiger partial charge in [0.1, 0.15) is 0 Å². The molecular weight excluding hydrogens is 442 g/mol. The summed E-state index contributed by atoms with van der Waals surface area (Å²) in [5, 5.41) is 0. The first-order valence-corrected chi connectivity index (χ1v) is 15.1. The van der Waals surface area contributed by atoms with Crippen molar-refractivity contribution in [1.29, 1.82) is 0 Å². The summed E-state index contributed by atoms with van der Waals surface area (Å²) in [4.78, 5) is 4.92. The third-order valence-electron chi connectivity index (χ3n) is 8.97. The van der Waals surface area contributed by atoms with Crippen LogP contribution in [-0.2, 0) is 14.2 Å². The minimum Gasteiger partial charge on any atom is -0.375 e. The lowest BCUT2D eigenvalue weighted by atomic mass is 9.66. The lowest BCUT2D eigenvalue weighted by Crippen LogP contribution is -2.46. The quantitative estimate of drug-likeness (QED) is 0.436. The highest BCUT2D eigenvalue weighted by Gasteiger charge is 2.48. The first kappa shape index (κ1) is 22.5. The topological polar surface area (TPSA) is 22.1 Å². The first-order valence-electron chi connectivity index (χ1n) is 13.2. The Morgan fingerprint density at radius 2 is 1.76 bits per heavy atom. The fourth-order valence-electron chi connectivity index (χ4n) is 7.39. The largest absolute Gasteiger partial charge is 0.375 e. The molecule has 2 atom stereocenters. The summed E-state index contributed by atoms with van der Waals surface area (Å²) in [7, 11) is 0. The summed E-state index contributed by atoms with van der Waals surface area (Å²) >= 11 is 4.41. The summed E-state index contributed by atoms with van der Waals surface area (Å²) < 4.78 is 6.81. The van der Waals surface area contributed by atoms with Crippen LogP contribution in [0.1, 0.15) is 93.4 Å². The molecule has 1 aromatic carbocycles. The van der Waals surface area contributed by atoms with Crippen molar-refractivity contribution in [2.24, 2.45) is 0 Å². The van der Waals surface area contributed by atoms with Crippen LogP contribution in [0.5, 0.6) is 0 Å². The van der Waals surface area contributed by atoms with E-state index in [4.69, 9.17) is 9.72 Å². The molecule has 0 N–H and O–H groups in total. The van der Waals surface area contributed by atoms with Gasteiger partial charge in [0, 0.05) is 35.4 Å². The SMILES string of the molecule is c1ccc([C@]2(CCC[C@H]3CCC4(SCCS4)c4ccccc43)CCOC3(CCCC3)C2)nc1. The van der Waals surface area contributed by atoms with Gasteiger partial charge in [-0.1, -0.05) is 49.6 Å². The van der Waals surface area contributed by atoms with Crippen LogP contribution in [0.25, 0.3) is 0 Å². The van der Waals surface area contributed by atoms with Crippen LogP contribution in [-0.4, -0.2) is 28.7 Å². The van der Waals surface area contributed by atoms with Crippen molar-refractivity contribution in [3.63, 3.8) is 0 Å². The summed E-state index contributed by atoms with van der Waals surface area (Å²) in [6.45, 7) is 0.903. The molecule has 2 aliphatic heterocycles. The first-order chi connectivity index (χ1) is 16.2. The van der Waals surface area contributed by atoms with Crippen LogP contribution in [0.4, 0.5) is 0 Å². The van der Waals surface area contributed by atoms with Gasteiger partial charge >= 0.3 is 0 Å². The molecule has 0 unspecified atom stereocenters. The van der Waals surface area contributed by atoms with Gasteiger partial charge in [-0.2, -0.15) is 0 Å². The molecule has 2 spiro atoms. The molecule has 0 bridgehead atoms. The molecule has 2 nitrogen and oxygen atoms in total. The minimum absolute atomic E-state index is 0.122. The Kier molecular flexibility index (Phi) is 6.30. The highest BCUT2D eigenvalue weighted by molar-refractivity contribution is 8.20. The van der Waals surface area contributed by atoms with Gasteiger partial charge in [0.2, 0.25) is 0 Å². The third kappa shape index (κ3) is 4.19. The fourth-order valence-corrected chi connectivity index (χ4v) is 10.8. The lowest BCUT2D eigenvalue weighted by molar-refractivity contribution is -0.105. The molecule has 1 aromatic heterocycles. The predicted octanol–water partition coefficient (Wildman–Crippen LogP) is 7.82. The van der Waals surface area contributed by atoms with E-state index >= 15 is 0 Å². The number of rotatable bonds is 5. The highest BCUT2D eigenvalue weighted by Crippen LogP contribution is 2.60. The van der Waals surface area contributed by atoms with Crippen molar-refractivity contribution < 1.29 is 4.74 Å². The minimum atomic E-state index is 0.122. The van der Waals surface area contributed by atoms with Crippen molar-refractivity contribution in [2.45, 2.75) is 91.6 Å². The Hall–Kier alpha value is -0.970. The number of ether oxygens (including phenoxy) is 1. The van der Waals surface area contributed by atoms with E-state index in [0.717, 1.165) is 18.9 Å². The van der Waals surface area contributed by atoms with Gasteiger partial charge in [-0.3, -0.25) is 4.98 Å². The van der Waals surface area contributed by atoms with Crippen LogP contribution >= 0.6 is 23.5 Å². The molecule has 3 fully saturated rings. The molecule has 4 heteroatoms. The average Bonchev–Trinajstić information content (AvgIpc) is 3.52. The van der Waals surface area contributed by atoms with E-state index in [9.17, 15) is 0 Å². The zero-order valence-corrected chi connectivity index (χ0v) is 21.4. The van der Waals surface area contributed by atoms with Gasteiger partial charge in [-0.25, -0.2) is 0 Å². The van der Waals surface area contributed by atoms with Crippen molar-refractivity contribution in [1.82, 2.24) is 4.98 Å². The number of hydrogen-bond acceptors (Lipinski definition) is 4. The molecule has 176 valence electrons. The Labute approximate surface area is 208 Å². The maximum Gasteiger partial charge on any atom is 0.0863 e. The molecule has 3 heterocycles. The Bertz CT molecular complexity index is 951. The second kappa shape index (κ2) is 9.24. The van der Waals surface area contributed by atoms with Crippen molar-refractivity contribution in [3.8, 4) is 0 Å². The Morgan fingerprint density at radius 1 is 0.939 bits per heavy atom. The number of thioether (sulfide) groups is 2. The Morgan fingerprint density at radius 3 is 2.58 bits per heavy atom. The van der Waals surface area contributed by atoms with Crippen molar-refractivity contribution in [3.05, 3.63) is 65.5 Å². The normalized spacial score (nSPS) is 30.0. The van der Waals surface area contributed by atoms with Gasteiger partial charge in [0.05, 0.1) is 9.68 Å². The van der Waals surface area contributed by atoms with Crippen LogP contribution < -0.4 is 0 Å². The molecule has 33 heavy (non-hydrogen) atoms. The van der Waals surface area contributed by atoms with Gasteiger partial charge in [-0.15, -0.1) is 23.5 Å². The lowest BCUT2D eigenvalue weighted by Gasteiger charge is -2.47. The number of nitrogens with zero attached hydrogens (tertiary/aromatic N) is 1. The van der Waals surface area contributed by atoms with Crippen LogP contribution in [0, 0.1) is 0 Å². The summed E-state index contributed by atoms with van der Waals surface area (Å²) in [6.07, 6.45) is 16.0. The summed E-state index contributed by atoms with van der Waals surface area (Å²) in [5.74, 6) is 3.33. The molecule has 4 aliphatic rings. The third-order valence-corrected chi connectivity index (χ3v) is 12.5. The number of benzene rings is 1. The van der Waals surface area contributed by atoms with Gasteiger partial charge in [-0.05, 0) is 80.5 Å². The molecule has 0 amide bonds. The molecular formula is C29H37NOS2. The zero-order valence-electron chi connectivity index (χ0n) is 19.8. The number of fused-ring (bicyclic) bond motifs is 2. The molecule has 0 radical (unpaired) electrons. The van der Waals surface area contributed by atoms with Crippen molar-refractivity contribution in [2.75, 3.05) is 18.1 Å². The second-order valence-electron chi connectivity index (χ2n) is 10.8. The smallest absolute Gasteiger partial charge is 0.0863 e. The molecule has 2 saturated heterocycles. The number of pyridine rings is 1. The zero-order chi connectivity index (χ0) is 22.2. The standard InChI is InChI=1S/C29H37NOS2/c1-2-10-25-24(9-1)23(12-16-29(25)32-20-21-33-29)8-7-13-27(26-11-3-6-18-30-26)17-19-31-28(22-27)14-4-5-15-28/h1-3,6,9-11,18,23H,4-5,7-8,12-17,19-22H2/t23-,27+/m0/s1. The maximum atomic E-state index is 6.47. The molecule has 1 saturated carbocycles. The van der Waals surface area contributed by atoms with E-state index in [2.05, 4.69) is 66.0 Å². The van der Waals surface area contributed by atoms with Gasteiger partial charge in [0.25, 0.3) is 0 Å². The van der Waals surface area contributed by atoms with Crippen LogP contribution in [0.15, 0.2) is 48.7 Å². The van der Waals surface area contributed by atoms with Gasteiger partial charge in [0.15, 0.2) is 0 Å². The van der Waals surface area contributed by atoms with E-state index in [1.54, 1.807) is 11.1 Å². The molecule has 6 rings (SSSR count). The summed E-state index contributed by atoms with van der Waals surface area (Å²) in [6, 6.07) is 16.0. The van der Waals surface area contributed by atoms with E-state index in [0.29, 0.717) is 4.08 Å². The maximum absolute atomic E-state index is 6.47. The predicted molar refractivity (Wildman–Crippen MR) is 141 cm³/mol. The van der Waals surface area contributed by atoms with E-state index in [1.165, 1.54) is 81.4 Å². The number of aromatic nitrogens is 1. The summed E-state index contributed by atoms with van der Waals surface area (Å²) in [5.41, 5.74) is 4.93. The van der Waals surface area contributed by atoms with E-state index in [1.807, 2.05) is 6.20 Å². The molecule has 2 aromatic rings. The Balaban J connectivity index is 1.21. The van der Waals surface area contributed by atoms with Crippen LogP contribution in [0.3, 0.4) is 0 Å². The van der Waals surface area contributed by atoms with Crippen LogP contribution in [0.2, 0.25) is 0 Å². The highest BCUT2D eigenvalue weighted by atomic mass is 32.2. The molecule has 2 aliphatic carbocycles. The number of hydrogen-bond donors (Lipinski definition) is 0. The fraction of sp³-hybridized carbons (Fsp3) is 0.621. The van der Waals surface area contributed by atoms with E-state index in [-0.39, 0.29) is 11.0 Å². The average molecular weight is 480 g/mol. The van der Waals surface area contributed by atoms with E-state index < -0.39 is 0 Å². The van der Waals surface area contributed by atoms with Gasteiger partial charge < -0.3 is 4.74 Å². The second-order valence-corrected chi connectivity index (χ2v) is 13.9.